The highest BCUT2D eigenvalue weighted by atomic mass is 16.2. The summed E-state index contributed by atoms with van der Waals surface area (Å²) >= 11 is 0. The second kappa shape index (κ2) is 7.90. The zero-order valence-electron chi connectivity index (χ0n) is 14.0. The minimum Gasteiger partial charge on any atom is -0.333 e. The van der Waals surface area contributed by atoms with Gasteiger partial charge in [-0.05, 0) is 43.7 Å². The maximum absolute atomic E-state index is 12.1. The summed E-state index contributed by atoms with van der Waals surface area (Å²) in [6.07, 6.45) is 8.84. The number of benzene rings is 1. The molecule has 0 bridgehead atoms. The maximum Gasteiger partial charge on any atom is 0.246 e. The van der Waals surface area contributed by atoms with Crippen LogP contribution in [0.3, 0.4) is 0 Å². The molecule has 0 aliphatic heterocycles. The summed E-state index contributed by atoms with van der Waals surface area (Å²) in [6.45, 7) is 4.80. The summed E-state index contributed by atoms with van der Waals surface area (Å²) in [5.41, 5.74) is 2.14. The molecule has 2 aromatic rings. The van der Waals surface area contributed by atoms with E-state index in [2.05, 4.69) is 29.0 Å². The molecule has 3 rings (SSSR count). The predicted octanol–water partition coefficient (Wildman–Crippen LogP) is 3.15. The molecular weight excluding hydrogens is 300 g/mol. The highest BCUT2D eigenvalue weighted by Crippen LogP contribution is 2.30. The van der Waals surface area contributed by atoms with Crippen molar-refractivity contribution in [1.82, 2.24) is 19.9 Å². The van der Waals surface area contributed by atoms with E-state index >= 15 is 0 Å². The maximum atomic E-state index is 12.1. The molecule has 5 nitrogen and oxygen atoms in total. The minimum absolute atomic E-state index is 0.0544. The summed E-state index contributed by atoms with van der Waals surface area (Å²) in [4.78, 5) is 13.9. The van der Waals surface area contributed by atoms with E-state index in [9.17, 15) is 4.79 Å². The molecule has 24 heavy (non-hydrogen) atoms. The van der Waals surface area contributed by atoms with Crippen LogP contribution in [0, 0.1) is 0 Å². The molecule has 1 aliphatic carbocycles. The lowest BCUT2D eigenvalue weighted by Gasteiger charge is -2.24. The standard InChI is InChI=1S/C19H24N4O/c1-2-19(24)22(13-7-10-16-8-4-3-5-9-16)14-17-15-23(21-20-17)18-11-6-12-18/h2-5,8-9,15,18H,1,6-7,10-14H2. The van der Waals surface area contributed by atoms with Gasteiger partial charge in [-0.3, -0.25) is 4.79 Å². The van der Waals surface area contributed by atoms with Gasteiger partial charge in [-0.15, -0.1) is 5.10 Å². The second-order valence-corrected chi connectivity index (χ2v) is 6.33. The van der Waals surface area contributed by atoms with Crippen LogP contribution in [-0.2, 0) is 17.8 Å². The number of amides is 1. The molecule has 0 N–H and O–H groups in total. The Balaban J connectivity index is 1.56. The number of aryl methyl sites for hydroxylation is 1. The van der Waals surface area contributed by atoms with Crippen molar-refractivity contribution in [2.45, 2.75) is 44.7 Å². The largest absolute Gasteiger partial charge is 0.333 e. The summed E-state index contributed by atoms with van der Waals surface area (Å²) in [6, 6.07) is 10.8. The average Bonchev–Trinajstić information content (AvgIpc) is 3.00. The van der Waals surface area contributed by atoms with E-state index in [0.29, 0.717) is 19.1 Å². The van der Waals surface area contributed by atoms with E-state index < -0.39 is 0 Å². The Bertz CT molecular complexity index is 676. The SMILES string of the molecule is C=CC(=O)N(CCCc1ccccc1)Cc1cn(C2CCC2)nn1. The van der Waals surface area contributed by atoms with Crippen LogP contribution in [0.1, 0.15) is 43.0 Å². The first kappa shape index (κ1) is 16.4. The first-order valence-electron chi connectivity index (χ1n) is 8.62. The molecule has 1 saturated carbocycles. The first-order chi connectivity index (χ1) is 11.8. The lowest BCUT2D eigenvalue weighted by molar-refractivity contribution is -0.126. The van der Waals surface area contributed by atoms with Gasteiger partial charge in [0.1, 0.15) is 5.69 Å². The van der Waals surface area contributed by atoms with Crippen LogP contribution >= 0.6 is 0 Å². The van der Waals surface area contributed by atoms with Crippen molar-refractivity contribution in [1.29, 1.82) is 0 Å². The smallest absolute Gasteiger partial charge is 0.246 e. The van der Waals surface area contributed by atoms with Crippen LogP contribution in [-0.4, -0.2) is 32.3 Å². The van der Waals surface area contributed by atoms with Gasteiger partial charge in [0.2, 0.25) is 5.91 Å². The summed E-state index contributed by atoms with van der Waals surface area (Å²) in [5, 5.41) is 8.43. The highest BCUT2D eigenvalue weighted by molar-refractivity contribution is 5.86. The zero-order valence-corrected chi connectivity index (χ0v) is 14.0. The van der Waals surface area contributed by atoms with Gasteiger partial charge < -0.3 is 4.90 Å². The van der Waals surface area contributed by atoms with E-state index in [0.717, 1.165) is 18.5 Å². The van der Waals surface area contributed by atoms with Gasteiger partial charge in [-0.1, -0.05) is 42.1 Å². The number of aromatic nitrogens is 3. The number of hydrogen-bond acceptors (Lipinski definition) is 3. The monoisotopic (exact) mass is 324 g/mol. The predicted molar refractivity (Wildman–Crippen MR) is 93.3 cm³/mol. The molecule has 0 radical (unpaired) electrons. The first-order valence-corrected chi connectivity index (χ1v) is 8.62. The number of hydrogen-bond donors (Lipinski definition) is 0. The van der Waals surface area contributed by atoms with Crippen molar-refractivity contribution < 1.29 is 4.79 Å². The van der Waals surface area contributed by atoms with Crippen LogP contribution in [0.4, 0.5) is 0 Å². The van der Waals surface area contributed by atoms with E-state index in [1.54, 1.807) is 4.90 Å². The van der Waals surface area contributed by atoms with E-state index in [1.165, 1.54) is 30.9 Å². The van der Waals surface area contributed by atoms with E-state index in [4.69, 9.17) is 0 Å². The molecule has 126 valence electrons. The fraction of sp³-hybridized carbons (Fsp3) is 0.421. The van der Waals surface area contributed by atoms with Crippen molar-refractivity contribution >= 4 is 5.91 Å². The van der Waals surface area contributed by atoms with Crippen LogP contribution in [0.25, 0.3) is 0 Å². The Morgan fingerprint density at radius 3 is 2.79 bits per heavy atom. The van der Waals surface area contributed by atoms with E-state index in [-0.39, 0.29) is 5.91 Å². The van der Waals surface area contributed by atoms with Crippen LogP contribution in [0.15, 0.2) is 49.2 Å². The Hall–Kier alpha value is -2.43. The fourth-order valence-electron chi connectivity index (χ4n) is 2.93. The van der Waals surface area contributed by atoms with Gasteiger partial charge >= 0.3 is 0 Å². The highest BCUT2D eigenvalue weighted by Gasteiger charge is 2.21. The van der Waals surface area contributed by atoms with Gasteiger partial charge in [0.15, 0.2) is 0 Å². The lowest BCUT2D eigenvalue weighted by atomic mass is 9.93. The molecule has 1 heterocycles. The van der Waals surface area contributed by atoms with Gasteiger partial charge in [-0.25, -0.2) is 4.68 Å². The van der Waals surface area contributed by atoms with Gasteiger partial charge in [0.25, 0.3) is 0 Å². The molecule has 0 atom stereocenters. The topological polar surface area (TPSA) is 51.0 Å². The number of nitrogens with zero attached hydrogens (tertiary/aromatic N) is 4. The average molecular weight is 324 g/mol. The number of carbonyl (C=O) groups is 1. The third kappa shape index (κ3) is 4.10. The van der Waals surface area contributed by atoms with Crippen molar-refractivity contribution in [3.63, 3.8) is 0 Å². The Kier molecular flexibility index (Phi) is 5.41. The molecule has 1 aromatic carbocycles. The molecule has 0 unspecified atom stereocenters. The molecule has 0 spiro atoms. The molecule has 1 amide bonds. The van der Waals surface area contributed by atoms with Crippen LogP contribution in [0.5, 0.6) is 0 Å². The molecule has 5 heteroatoms. The third-order valence-corrected chi connectivity index (χ3v) is 4.58. The fourth-order valence-corrected chi connectivity index (χ4v) is 2.93. The molecule has 1 aromatic heterocycles. The van der Waals surface area contributed by atoms with Crippen molar-refractivity contribution in [3.8, 4) is 0 Å². The lowest BCUT2D eigenvalue weighted by Crippen LogP contribution is -2.30. The Labute approximate surface area is 143 Å². The second-order valence-electron chi connectivity index (χ2n) is 6.33. The van der Waals surface area contributed by atoms with Crippen LogP contribution < -0.4 is 0 Å². The van der Waals surface area contributed by atoms with Crippen molar-refractivity contribution in [2.24, 2.45) is 0 Å². The number of carbonyl (C=O) groups excluding carboxylic acids is 1. The molecule has 1 fully saturated rings. The minimum atomic E-state index is -0.0544. The van der Waals surface area contributed by atoms with Gasteiger partial charge in [-0.2, -0.15) is 0 Å². The third-order valence-electron chi connectivity index (χ3n) is 4.58. The Morgan fingerprint density at radius 2 is 2.12 bits per heavy atom. The molecule has 0 saturated heterocycles. The molecule has 1 aliphatic rings. The van der Waals surface area contributed by atoms with Gasteiger partial charge in [0.05, 0.1) is 18.8 Å². The van der Waals surface area contributed by atoms with Gasteiger partial charge in [0, 0.05) is 6.54 Å². The molecular formula is C19H24N4O. The number of rotatable bonds is 8. The quantitative estimate of drug-likeness (QED) is 0.701. The van der Waals surface area contributed by atoms with Crippen molar-refractivity contribution in [2.75, 3.05) is 6.54 Å². The summed E-state index contributed by atoms with van der Waals surface area (Å²) in [5.74, 6) is -0.0544. The normalized spacial score (nSPS) is 14.2. The van der Waals surface area contributed by atoms with Crippen LogP contribution in [0.2, 0.25) is 0 Å². The van der Waals surface area contributed by atoms with Crippen molar-refractivity contribution in [3.05, 3.63) is 60.4 Å². The zero-order chi connectivity index (χ0) is 16.8. The summed E-state index contributed by atoms with van der Waals surface area (Å²) in [7, 11) is 0. The Morgan fingerprint density at radius 1 is 1.33 bits per heavy atom. The summed E-state index contributed by atoms with van der Waals surface area (Å²) < 4.78 is 1.94. The van der Waals surface area contributed by atoms with E-state index in [1.807, 2.05) is 29.1 Å².